The van der Waals surface area contributed by atoms with Crippen molar-refractivity contribution < 1.29 is 9.53 Å². The predicted octanol–water partition coefficient (Wildman–Crippen LogP) is 4.26. The molecule has 0 spiro atoms. The molecule has 0 saturated heterocycles. The van der Waals surface area contributed by atoms with Crippen molar-refractivity contribution in [2.24, 2.45) is 0 Å². The summed E-state index contributed by atoms with van der Waals surface area (Å²) in [7, 11) is 0. The molecule has 1 aromatic heterocycles. The van der Waals surface area contributed by atoms with Crippen LogP contribution >= 0.6 is 27.3 Å². The molecule has 17 heavy (non-hydrogen) atoms. The summed E-state index contributed by atoms with van der Waals surface area (Å²) in [6.45, 7) is 0.272. The molecule has 0 bridgehead atoms. The number of carbonyl (C=O) groups is 1. The lowest BCUT2D eigenvalue weighted by molar-refractivity contribution is 0.155. The lowest BCUT2D eigenvalue weighted by Crippen LogP contribution is -2.13. The topological polar surface area (TPSA) is 38.3 Å². The molecule has 0 fully saturated rings. The third-order valence-corrected chi connectivity index (χ3v) is 3.77. The van der Waals surface area contributed by atoms with Gasteiger partial charge >= 0.3 is 6.09 Å². The molecule has 1 N–H and O–H groups in total. The van der Waals surface area contributed by atoms with Gasteiger partial charge in [0.2, 0.25) is 0 Å². The van der Waals surface area contributed by atoms with Crippen molar-refractivity contribution in [1.29, 1.82) is 0 Å². The number of halogens is 1. The molecule has 1 amide bonds. The summed E-state index contributed by atoms with van der Waals surface area (Å²) >= 11 is 4.84. The van der Waals surface area contributed by atoms with Crippen LogP contribution < -0.4 is 5.32 Å². The Morgan fingerprint density at radius 1 is 1.29 bits per heavy atom. The van der Waals surface area contributed by atoms with Gasteiger partial charge in [-0.05, 0) is 21.5 Å². The molecule has 88 valence electrons. The molecule has 2 rings (SSSR count). The number of rotatable bonds is 3. The van der Waals surface area contributed by atoms with E-state index in [1.54, 1.807) is 0 Å². The molecule has 1 heterocycles. The third kappa shape index (κ3) is 3.57. The minimum atomic E-state index is -0.451. The summed E-state index contributed by atoms with van der Waals surface area (Å²) in [5.41, 5.74) is 1.69. The fraction of sp³-hybridized carbons (Fsp3) is 0.0833. The number of carbonyl (C=O) groups excluding carboxylic acids is 1. The number of anilines is 1. The Hall–Kier alpha value is -1.33. The number of benzene rings is 1. The fourth-order valence-corrected chi connectivity index (χ4v) is 2.57. The molecule has 0 unspecified atom stereocenters. The van der Waals surface area contributed by atoms with Crippen LogP contribution in [-0.4, -0.2) is 6.09 Å². The van der Waals surface area contributed by atoms with E-state index in [1.807, 2.05) is 41.1 Å². The van der Waals surface area contributed by atoms with E-state index in [-0.39, 0.29) is 6.61 Å². The quantitative estimate of drug-likeness (QED) is 0.919. The number of thiophene rings is 1. The normalized spacial score (nSPS) is 9.94. The minimum Gasteiger partial charge on any atom is -0.444 e. The van der Waals surface area contributed by atoms with Crippen LogP contribution in [0.4, 0.5) is 10.5 Å². The van der Waals surface area contributed by atoms with E-state index in [0.29, 0.717) is 0 Å². The van der Waals surface area contributed by atoms with Gasteiger partial charge in [0.15, 0.2) is 0 Å². The summed E-state index contributed by atoms with van der Waals surface area (Å²) in [4.78, 5) is 11.5. The van der Waals surface area contributed by atoms with Gasteiger partial charge in [-0.3, -0.25) is 5.32 Å². The fourth-order valence-electron chi connectivity index (χ4n) is 1.24. The van der Waals surface area contributed by atoms with Crippen LogP contribution in [0, 0.1) is 0 Å². The van der Waals surface area contributed by atoms with Crippen LogP contribution in [0.2, 0.25) is 0 Å². The first-order valence-corrected chi connectivity index (χ1v) is 6.68. The lowest BCUT2D eigenvalue weighted by atomic mass is 10.2. The van der Waals surface area contributed by atoms with Gasteiger partial charge in [0.1, 0.15) is 6.61 Å². The van der Waals surface area contributed by atoms with Crippen molar-refractivity contribution in [2.75, 3.05) is 5.32 Å². The molecule has 5 heteroatoms. The van der Waals surface area contributed by atoms with E-state index in [9.17, 15) is 4.79 Å². The summed E-state index contributed by atoms with van der Waals surface area (Å²) in [6, 6.07) is 9.56. The Morgan fingerprint density at radius 3 is 2.71 bits per heavy atom. The van der Waals surface area contributed by atoms with E-state index in [4.69, 9.17) is 4.74 Å². The average molecular weight is 312 g/mol. The number of ether oxygens (including phenoxy) is 1. The van der Waals surface area contributed by atoms with Crippen molar-refractivity contribution in [3.05, 3.63) is 51.1 Å². The first kappa shape index (κ1) is 12.1. The standard InChI is InChI=1S/C12H10BrNO2S/c13-10-7-17-8-11(10)14-12(15)16-6-9-4-2-1-3-5-9/h1-5,7-8H,6H2,(H,14,15). The first-order valence-electron chi connectivity index (χ1n) is 4.95. The molecule has 0 atom stereocenters. The Balaban J connectivity index is 1.85. The van der Waals surface area contributed by atoms with E-state index in [1.165, 1.54) is 11.3 Å². The largest absolute Gasteiger partial charge is 0.444 e. The summed E-state index contributed by atoms with van der Waals surface area (Å²) in [5, 5.41) is 6.40. The van der Waals surface area contributed by atoms with Crippen molar-refractivity contribution in [3.63, 3.8) is 0 Å². The van der Waals surface area contributed by atoms with E-state index >= 15 is 0 Å². The predicted molar refractivity (Wildman–Crippen MR) is 72.3 cm³/mol. The Bertz CT molecular complexity index is 498. The van der Waals surface area contributed by atoms with Gasteiger partial charge in [0.05, 0.1) is 10.2 Å². The molecule has 0 saturated carbocycles. The van der Waals surface area contributed by atoms with E-state index in [0.717, 1.165) is 15.7 Å². The van der Waals surface area contributed by atoms with Gasteiger partial charge in [-0.15, -0.1) is 11.3 Å². The summed E-state index contributed by atoms with van der Waals surface area (Å²) in [5.74, 6) is 0. The third-order valence-electron chi connectivity index (χ3n) is 2.06. The van der Waals surface area contributed by atoms with Gasteiger partial charge in [0.25, 0.3) is 0 Å². The molecule has 0 radical (unpaired) electrons. The van der Waals surface area contributed by atoms with Crippen LogP contribution in [-0.2, 0) is 11.3 Å². The van der Waals surface area contributed by atoms with Gasteiger partial charge in [0, 0.05) is 10.8 Å². The maximum atomic E-state index is 11.5. The molecular formula is C12H10BrNO2S. The highest BCUT2D eigenvalue weighted by atomic mass is 79.9. The van der Waals surface area contributed by atoms with Crippen LogP contribution in [0.15, 0.2) is 45.6 Å². The van der Waals surface area contributed by atoms with Crippen LogP contribution in [0.25, 0.3) is 0 Å². The second-order valence-corrected chi connectivity index (χ2v) is 4.92. The first-order chi connectivity index (χ1) is 8.25. The molecule has 0 aliphatic carbocycles. The number of nitrogens with one attached hydrogen (secondary N) is 1. The maximum Gasteiger partial charge on any atom is 0.412 e. The Kier molecular flexibility index (Phi) is 4.17. The average Bonchev–Trinajstić information content (AvgIpc) is 2.74. The van der Waals surface area contributed by atoms with E-state index in [2.05, 4.69) is 21.2 Å². The van der Waals surface area contributed by atoms with Crippen molar-refractivity contribution in [3.8, 4) is 0 Å². The molecule has 1 aromatic carbocycles. The van der Waals surface area contributed by atoms with Gasteiger partial charge < -0.3 is 4.74 Å². The Labute approximate surface area is 112 Å². The smallest absolute Gasteiger partial charge is 0.412 e. The van der Waals surface area contributed by atoms with Crippen molar-refractivity contribution in [2.45, 2.75) is 6.61 Å². The van der Waals surface area contributed by atoms with Gasteiger partial charge in [-0.25, -0.2) is 4.79 Å². The molecular weight excluding hydrogens is 302 g/mol. The zero-order chi connectivity index (χ0) is 12.1. The molecule has 2 aromatic rings. The SMILES string of the molecule is O=C(Nc1cscc1Br)OCc1ccccc1. The lowest BCUT2D eigenvalue weighted by Gasteiger charge is -2.06. The summed E-state index contributed by atoms with van der Waals surface area (Å²) < 4.78 is 5.95. The molecule has 3 nitrogen and oxygen atoms in total. The Morgan fingerprint density at radius 2 is 2.06 bits per heavy atom. The number of amides is 1. The van der Waals surface area contributed by atoms with Gasteiger partial charge in [-0.1, -0.05) is 30.3 Å². The minimum absolute atomic E-state index is 0.272. The summed E-state index contributed by atoms with van der Waals surface area (Å²) in [6.07, 6.45) is -0.451. The second-order valence-electron chi connectivity index (χ2n) is 3.32. The number of hydrogen-bond acceptors (Lipinski definition) is 3. The monoisotopic (exact) mass is 311 g/mol. The van der Waals surface area contributed by atoms with E-state index < -0.39 is 6.09 Å². The number of hydrogen-bond donors (Lipinski definition) is 1. The zero-order valence-electron chi connectivity index (χ0n) is 8.85. The molecule has 0 aliphatic rings. The zero-order valence-corrected chi connectivity index (χ0v) is 11.3. The van der Waals surface area contributed by atoms with Crippen molar-refractivity contribution in [1.82, 2.24) is 0 Å². The van der Waals surface area contributed by atoms with Crippen LogP contribution in [0.1, 0.15) is 5.56 Å². The highest BCUT2D eigenvalue weighted by Gasteiger charge is 2.06. The highest BCUT2D eigenvalue weighted by Crippen LogP contribution is 2.26. The van der Waals surface area contributed by atoms with Crippen LogP contribution in [0.3, 0.4) is 0 Å². The maximum absolute atomic E-state index is 11.5. The van der Waals surface area contributed by atoms with Crippen molar-refractivity contribution >= 4 is 39.0 Å². The molecule has 0 aliphatic heterocycles. The highest BCUT2D eigenvalue weighted by molar-refractivity contribution is 9.10. The van der Waals surface area contributed by atoms with Crippen LogP contribution in [0.5, 0.6) is 0 Å². The second kappa shape index (κ2) is 5.84. The van der Waals surface area contributed by atoms with Gasteiger partial charge in [-0.2, -0.15) is 0 Å².